The quantitative estimate of drug-likeness (QED) is 0.870. The first-order valence-corrected chi connectivity index (χ1v) is 7.29. The van der Waals surface area contributed by atoms with Crippen LogP contribution in [-0.4, -0.2) is 16.1 Å². The lowest BCUT2D eigenvalue weighted by Gasteiger charge is -2.32. The van der Waals surface area contributed by atoms with Crippen molar-refractivity contribution < 1.29 is 0 Å². The molecule has 1 N–H and O–H groups in total. The highest BCUT2D eigenvalue weighted by atomic mass is 15.2. The Hall–Kier alpha value is -0.830. The molecule has 0 aromatic carbocycles. The van der Waals surface area contributed by atoms with E-state index in [1.54, 1.807) is 0 Å². The fourth-order valence-corrected chi connectivity index (χ4v) is 2.80. The molecule has 2 heterocycles. The van der Waals surface area contributed by atoms with Gasteiger partial charge >= 0.3 is 0 Å². The van der Waals surface area contributed by atoms with Gasteiger partial charge < -0.3 is 9.88 Å². The molecule has 1 aliphatic heterocycles. The SMILES string of the molecule is CC(n1c(C2CC2)nc2c1CCNC2)C(C)(C)C. The summed E-state index contributed by atoms with van der Waals surface area (Å²) in [6.45, 7) is 11.4. The zero-order valence-electron chi connectivity index (χ0n) is 12.1. The van der Waals surface area contributed by atoms with E-state index in [1.165, 1.54) is 30.1 Å². The topological polar surface area (TPSA) is 29.9 Å². The van der Waals surface area contributed by atoms with Gasteiger partial charge in [-0.1, -0.05) is 20.8 Å². The Balaban J connectivity index is 2.07. The Morgan fingerprint density at radius 3 is 2.67 bits per heavy atom. The van der Waals surface area contributed by atoms with Crippen LogP contribution in [0.15, 0.2) is 0 Å². The zero-order chi connectivity index (χ0) is 12.9. The van der Waals surface area contributed by atoms with Crippen LogP contribution in [0.1, 0.15) is 69.7 Å². The molecule has 100 valence electrons. The highest BCUT2D eigenvalue weighted by molar-refractivity contribution is 5.25. The zero-order valence-corrected chi connectivity index (χ0v) is 12.1. The molecule has 0 radical (unpaired) electrons. The largest absolute Gasteiger partial charge is 0.328 e. The lowest BCUT2D eigenvalue weighted by atomic mass is 9.87. The maximum atomic E-state index is 4.95. The Kier molecular flexibility index (Phi) is 2.77. The minimum atomic E-state index is 0.295. The fourth-order valence-electron chi connectivity index (χ4n) is 2.80. The maximum absolute atomic E-state index is 4.95. The summed E-state index contributed by atoms with van der Waals surface area (Å²) >= 11 is 0. The smallest absolute Gasteiger partial charge is 0.112 e. The van der Waals surface area contributed by atoms with Crippen molar-refractivity contribution in [2.75, 3.05) is 6.54 Å². The van der Waals surface area contributed by atoms with Crippen molar-refractivity contribution in [2.24, 2.45) is 5.41 Å². The van der Waals surface area contributed by atoms with E-state index in [0.717, 1.165) is 25.4 Å². The molecule has 1 aromatic rings. The van der Waals surface area contributed by atoms with Crippen molar-refractivity contribution in [3.05, 3.63) is 17.2 Å². The number of hydrogen-bond acceptors (Lipinski definition) is 2. The molecule has 1 atom stereocenters. The Labute approximate surface area is 110 Å². The molecule has 3 rings (SSSR count). The van der Waals surface area contributed by atoms with Gasteiger partial charge in [-0.05, 0) is 25.2 Å². The molecule has 2 aliphatic rings. The Morgan fingerprint density at radius 2 is 2.06 bits per heavy atom. The van der Waals surface area contributed by atoms with Gasteiger partial charge in [0.25, 0.3) is 0 Å². The third kappa shape index (κ3) is 1.99. The van der Waals surface area contributed by atoms with Crippen molar-refractivity contribution in [3.8, 4) is 0 Å². The molecule has 1 fully saturated rings. The summed E-state index contributed by atoms with van der Waals surface area (Å²) < 4.78 is 2.58. The van der Waals surface area contributed by atoms with E-state index in [2.05, 4.69) is 37.6 Å². The lowest BCUT2D eigenvalue weighted by molar-refractivity contribution is 0.252. The molecule has 1 saturated carbocycles. The minimum Gasteiger partial charge on any atom is -0.328 e. The van der Waals surface area contributed by atoms with Crippen LogP contribution in [0.25, 0.3) is 0 Å². The number of aromatic nitrogens is 2. The average Bonchev–Trinajstić information content (AvgIpc) is 3.08. The van der Waals surface area contributed by atoms with E-state index in [0.29, 0.717) is 11.5 Å². The second-order valence-corrected chi connectivity index (χ2v) is 6.98. The first-order chi connectivity index (χ1) is 8.48. The molecule has 1 unspecified atom stereocenters. The number of nitrogens with one attached hydrogen (secondary N) is 1. The Morgan fingerprint density at radius 1 is 1.33 bits per heavy atom. The summed E-state index contributed by atoms with van der Waals surface area (Å²) in [6.07, 6.45) is 3.80. The van der Waals surface area contributed by atoms with Crippen LogP contribution >= 0.6 is 0 Å². The summed E-state index contributed by atoms with van der Waals surface area (Å²) in [5, 5.41) is 3.44. The monoisotopic (exact) mass is 247 g/mol. The molecular weight excluding hydrogens is 222 g/mol. The molecule has 1 aliphatic carbocycles. The van der Waals surface area contributed by atoms with Crippen molar-refractivity contribution in [1.29, 1.82) is 0 Å². The summed E-state index contributed by atoms with van der Waals surface area (Å²) in [5.41, 5.74) is 3.10. The van der Waals surface area contributed by atoms with Crippen LogP contribution in [0.5, 0.6) is 0 Å². The van der Waals surface area contributed by atoms with E-state index in [9.17, 15) is 0 Å². The van der Waals surface area contributed by atoms with Gasteiger partial charge in [0.15, 0.2) is 0 Å². The molecule has 0 amide bonds. The minimum absolute atomic E-state index is 0.295. The van der Waals surface area contributed by atoms with Gasteiger partial charge in [0, 0.05) is 37.2 Å². The Bertz CT molecular complexity index is 449. The molecule has 1 aromatic heterocycles. The van der Waals surface area contributed by atoms with Crippen LogP contribution in [0, 0.1) is 5.41 Å². The lowest BCUT2D eigenvalue weighted by Crippen LogP contribution is -2.29. The van der Waals surface area contributed by atoms with Crippen LogP contribution in [-0.2, 0) is 13.0 Å². The van der Waals surface area contributed by atoms with Crippen LogP contribution in [0.4, 0.5) is 0 Å². The summed E-state index contributed by atoms with van der Waals surface area (Å²) in [7, 11) is 0. The molecule has 3 heteroatoms. The average molecular weight is 247 g/mol. The maximum Gasteiger partial charge on any atom is 0.112 e. The van der Waals surface area contributed by atoms with Gasteiger partial charge in [-0.15, -0.1) is 0 Å². The van der Waals surface area contributed by atoms with Gasteiger partial charge in [0.1, 0.15) is 5.82 Å². The van der Waals surface area contributed by atoms with Crippen molar-refractivity contribution in [3.63, 3.8) is 0 Å². The van der Waals surface area contributed by atoms with Crippen molar-refractivity contribution >= 4 is 0 Å². The third-order valence-electron chi connectivity index (χ3n) is 4.53. The standard InChI is InChI=1S/C15H25N3/c1-10(15(2,3)4)18-13-7-8-16-9-12(13)17-14(18)11-5-6-11/h10-11,16H,5-9H2,1-4H3. The predicted molar refractivity (Wildman–Crippen MR) is 73.8 cm³/mol. The highest BCUT2D eigenvalue weighted by Crippen LogP contribution is 2.44. The molecule has 18 heavy (non-hydrogen) atoms. The number of fused-ring (bicyclic) bond motifs is 1. The van der Waals surface area contributed by atoms with E-state index >= 15 is 0 Å². The van der Waals surface area contributed by atoms with E-state index < -0.39 is 0 Å². The number of hydrogen-bond donors (Lipinski definition) is 1. The number of imidazole rings is 1. The molecule has 0 bridgehead atoms. The molecule has 0 spiro atoms. The van der Waals surface area contributed by atoms with E-state index in [4.69, 9.17) is 4.98 Å². The van der Waals surface area contributed by atoms with E-state index in [1.807, 2.05) is 0 Å². The second-order valence-electron chi connectivity index (χ2n) is 6.98. The van der Waals surface area contributed by atoms with Crippen molar-refractivity contribution in [2.45, 2.75) is 65.5 Å². The summed E-state index contributed by atoms with van der Waals surface area (Å²) in [6, 6.07) is 0.530. The second kappa shape index (κ2) is 4.09. The first-order valence-electron chi connectivity index (χ1n) is 7.29. The van der Waals surface area contributed by atoms with Gasteiger partial charge in [-0.2, -0.15) is 0 Å². The number of rotatable bonds is 2. The highest BCUT2D eigenvalue weighted by Gasteiger charge is 2.35. The van der Waals surface area contributed by atoms with Crippen molar-refractivity contribution in [1.82, 2.24) is 14.9 Å². The third-order valence-corrected chi connectivity index (χ3v) is 4.53. The van der Waals surface area contributed by atoms with Crippen LogP contribution < -0.4 is 5.32 Å². The first kappa shape index (κ1) is 12.2. The normalized spacial score (nSPS) is 21.8. The summed E-state index contributed by atoms with van der Waals surface area (Å²) in [4.78, 5) is 4.95. The van der Waals surface area contributed by atoms with Crippen LogP contribution in [0.2, 0.25) is 0 Å². The van der Waals surface area contributed by atoms with Crippen LogP contribution in [0.3, 0.4) is 0 Å². The molecule has 3 nitrogen and oxygen atoms in total. The number of nitrogens with zero attached hydrogens (tertiary/aromatic N) is 2. The van der Waals surface area contributed by atoms with Gasteiger partial charge in [-0.3, -0.25) is 0 Å². The molecular formula is C15H25N3. The van der Waals surface area contributed by atoms with E-state index in [-0.39, 0.29) is 0 Å². The van der Waals surface area contributed by atoms with Gasteiger partial charge in [0.2, 0.25) is 0 Å². The molecule has 0 saturated heterocycles. The summed E-state index contributed by atoms with van der Waals surface area (Å²) in [5.74, 6) is 2.10. The van der Waals surface area contributed by atoms with Gasteiger partial charge in [0.05, 0.1) is 5.69 Å². The predicted octanol–water partition coefficient (Wildman–Crippen LogP) is 3.01. The van der Waals surface area contributed by atoms with Gasteiger partial charge in [-0.25, -0.2) is 4.98 Å². The fraction of sp³-hybridized carbons (Fsp3) is 0.800.